The topological polar surface area (TPSA) is 82.3 Å². The first-order chi connectivity index (χ1) is 9.09. The average molecular weight is 282 g/mol. The van der Waals surface area contributed by atoms with Gasteiger partial charge in [0.2, 0.25) is 0 Å². The molecule has 0 spiro atoms. The lowest BCUT2D eigenvalue weighted by molar-refractivity contribution is -0.121. The van der Waals surface area contributed by atoms with Gasteiger partial charge in [0.15, 0.2) is 0 Å². The van der Waals surface area contributed by atoms with Gasteiger partial charge >= 0.3 is 0 Å². The summed E-state index contributed by atoms with van der Waals surface area (Å²) >= 11 is 1.33. The predicted molar refractivity (Wildman–Crippen MR) is 73.8 cm³/mol. The van der Waals surface area contributed by atoms with E-state index in [1.807, 2.05) is 5.38 Å². The van der Waals surface area contributed by atoms with Gasteiger partial charge in [-0.1, -0.05) is 6.07 Å². The van der Waals surface area contributed by atoms with Crippen LogP contribution in [-0.2, 0) is 4.79 Å². The lowest BCUT2D eigenvalue weighted by atomic mass is 10.0. The number of hydrogen-bond donors (Lipinski definition) is 4. The molecule has 1 unspecified atom stereocenters. The molecule has 1 aliphatic rings. The van der Waals surface area contributed by atoms with E-state index in [1.165, 1.54) is 11.3 Å². The highest BCUT2D eigenvalue weighted by Crippen LogP contribution is 2.12. The summed E-state index contributed by atoms with van der Waals surface area (Å²) in [5.41, 5.74) is 4.74. The molecular formula is C12H18N4O2S. The van der Waals surface area contributed by atoms with E-state index in [-0.39, 0.29) is 23.9 Å². The molecule has 2 heterocycles. The van der Waals surface area contributed by atoms with Gasteiger partial charge in [0, 0.05) is 12.1 Å². The molecule has 0 saturated carbocycles. The van der Waals surface area contributed by atoms with Crippen LogP contribution in [0.15, 0.2) is 17.5 Å². The fourth-order valence-electron chi connectivity index (χ4n) is 1.90. The molecule has 1 atom stereocenters. The summed E-state index contributed by atoms with van der Waals surface area (Å²) in [6, 6.07) is 3.49. The molecule has 0 radical (unpaired) electrons. The molecule has 2 rings (SSSR count). The number of thiophene rings is 1. The summed E-state index contributed by atoms with van der Waals surface area (Å²) in [6.45, 7) is 4.06. The maximum absolute atomic E-state index is 11.6. The molecule has 19 heavy (non-hydrogen) atoms. The molecule has 1 saturated heterocycles. The van der Waals surface area contributed by atoms with Crippen LogP contribution in [0, 0.1) is 0 Å². The monoisotopic (exact) mass is 282 g/mol. The van der Waals surface area contributed by atoms with Crippen molar-refractivity contribution in [2.75, 3.05) is 19.6 Å². The summed E-state index contributed by atoms with van der Waals surface area (Å²) in [4.78, 5) is 23.8. The van der Waals surface area contributed by atoms with Crippen LogP contribution in [0.2, 0.25) is 0 Å². The Kier molecular flexibility index (Phi) is 4.52. The smallest absolute Gasteiger partial charge is 0.279 e. The minimum Gasteiger partial charge on any atom is -0.315 e. The fraction of sp³-hybridized carbons (Fsp3) is 0.500. The minimum atomic E-state index is -0.294. The van der Waals surface area contributed by atoms with Gasteiger partial charge in [0.05, 0.1) is 11.4 Å². The van der Waals surface area contributed by atoms with Crippen LogP contribution in [-0.4, -0.2) is 37.0 Å². The number of amides is 2. The van der Waals surface area contributed by atoms with Crippen molar-refractivity contribution >= 4 is 23.2 Å². The Hall–Kier alpha value is -1.44. The van der Waals surface area contributed by atoms with Gasteiger partial charge in [-0.05, 0) is 31.3 Å². The lowest BCUT2D eigenvalue weighted by Crippen LogP contribution is -2.51. The second-order valence-corrected chi connectivity index (χ2v) is 5.77. The van der Waals surface area contributed by atoms with E-state index in [0.29, 0.717) is 4.88 Å². The molecule has 2 amide bonds. The molecule has 6 nitrogen and oxygen atoms in total. The third-order valence-electron chi connectivity index (χ3n) is 3.10. The predicted octanol–water partition coefficient (Wildman–Crippen LogP) is -0.149. The number of hydrogen-bond acceptors (Lipinski definition) is 5. The Morgan fingerprint density at radius 1 is 1.47 bits per heavy atom. The fourth-order valence-corrected chi connectivity index (χ4v) is 2.52. The van der Waals surface area contributed by atoms with Gasteiger partial charge in [-0.2, -0.15) is 0 Å². The first-order valence-corrected chi connectivity index (χ1v) is 7.05. The molecule has 7 heteroatoms. The second kappa shape index (κ2) is 6.14. The van der Waals surface area contributed by atoms with Crippen molar-refractivity contribution in [2.45, 2.75) is 18.9 Å². The molecule has 1 aromatic rings. The van der Waals surface area contributed by atoms with E-state index in [1.54, 1.807) is 12.1 Å². The van der Waals surface area contributed by atoms with E-state index in [9.17, 15) is 9.59 Å². The standard InChI is InChI=1S/C12H18N4O2S/c1-12(4-5-13-8-12)14-7-10(17)15-16-11(18)9-3-2-6-19-9/h2-3,6,13-14H,4-5,7-8H2,1H3,(H,15,17)(H,16,18). The summed E-state index contributed by atoms with van der Waals surface area (Å²) in [5.74, 6) is -0.546. The molecule has 0 aliphatic carbocycles. The molecule has 1 aliphatic heterocycles. The van der Waals surface area contributed by atoms with Gasteiger partial charge in [-0.15, -0.1) is 11.3 Å². The van der Waals surface area contributed by atoms with Gasteiger partial charge in [0.25, 0.3) is 11.8 Å². The zero-order chi connectivity index (χ0) is 13.7. The number of carbonyl (C=O) groups is 2. The first-order valence-electron chi connectivity index (χ1n) is 6.17. The van der Waals surface area contributed by atoms with Crippen molar-refractivity contribution in [1.29, 1.82) is 0 Å². The summed E-state index contributed by atoms with van der Waals surface area (Å²) in [7, 11) is 0. The van der Waals surface area contributed by atoms with Gasteiger partial charge < -0.3 is 10.6 Å². The molecule has 1 fully saturated rings. The SMILES string of the molecule is CC1(NCC(=O)NNC(=O)c2cccs2)CCNC1. The number of carbonyl (C=O) groups excluding carboxylic acids is 2. The van der Waals surface area contributed by atoms with Crippen LogP contribution in [0.3, 0.4) is 0 Å². The quantitative estimate of drug-likeness (QED) is 0.579. The van der Waals surface area contributed by atoms with Crippen molar-refractivity contribution in [2.24, 2.45) is 0 Å². The van der Waals surface area contributed by atoms with Crippen molar-refractivity contribution in [3.63, 3.8) is 0 Å². The normalized spacial score (nSPS) is 22.2. The van der Waals surface area contributed by atoms with Crippen molar-refractivity contribution in [1.82, 2.24) is 21.5 Å². The average Bonchev–Trinajstić information content (AvgIpc) is 3.05. The van der Waals surface area contributed by atoms with E-state index >= 15 is 0 Å². The summed E-state index contributed by atoms with van der Waals surface area (Å²) < 4.78 is 0. The Morgan fingerprint density at radius 3 is 2.95 bits per heavy atom. The Morgan fingerprint density at radius 2 is 2.32 bits per heavy atom. The molecular weight excluding hydrogens is 264 g/mol. The maximum Gasteiger partial charge on any atom is 0.279 e. The lowest BCUT2D eigenvalue weighted by Gasteiger charge is -2.24. The van der Waals surface area contributed by atoms with Crippen LogP contribution in [0.5, 0.6) is 0 Å². The zero-order valence-electron chi connectivity index (χ0n) is 10.8. The largest absolute Gasteiger partial charge is 0.315 e. The molecule has 4 N–H and O–H groups in total. The zero-order valence-corrected chi connectivity index (χ0v) is 11.6. The van der Waals surface area contributed by atoms with E-state index in [0.717, 1.165) is 19.5 Å². The Labute approximate surface area is 115 Å². The van der Waals surface area contributed by atoms with Crippen LogP contribution in [0.25, 0.3) is 0 Å². The van der Waals surface area contributed by atoms with Crippen LogP contribution in [0.1, 0.15) is 23.0 Å². The Bertz CT molecular complexity index is 441. The molecule has 0 aromatic carbocycles. The summed E-state index contributed by atoms with van der Waals surface area (Å²) in [6.07, 6.45) is 0.988. The van der Waals surface area contributed by atoms with Crippen molar-refractivity contribution in [3.05, 3.63) is 22.4 Å². The highest BCUT2D eigenvalue weighted by Gasteiger charge is 2.28. The number of hydrazine groups is 1. The second-order valence-electron chi connectivity index (χ2n) is 4.82. The van der Waals surface area contributed by atoms with Gasteiger partial charge in [-0.25, -0.2) is 0 Å². The number of nitrogens with one attached hydrogen (secondary N) is 4. The summed E-state index contributed by atoms with van der Waals surface area (Å²) in [5, 5.41) is 8.25. The van der Waals surface area contributed by atoms with E-state index in [2.05, 4.69) is 28.4 Å². The third-order valence-corrected chi connectivity index (χ3v) is 3.97. The highest BCUT2D eigenvalue weighted by molar-refractivity contribution is 7.12. The van der Waals surface area contributed by atoms with Crippen LogP contribution < -0.4 is 21.5 Å². The molecule has 0 bridgehead atoms. The van der Waals surface area contributed by atoms with Crippen LogP contribution in [0.4, 0.5) is 0 Å². The van der Waals surface area contributed by atoms with Gasteiger partial charge in [-0.3, -0.25) is 20.4 Å². The van der Waals surface area contributed by atoms with Crippen LogP contribution >= 0.6 is 11.3 Å². The first kappa shape index (κ1) is 14.0. The Balaban J connectivity index is 1.68. The molecule has 1 aromatic heterocycles. The highest BCUT2D eigenvalue weighted by atomic mass is 32.1. The molecule has 104 valence electrons. The third kappa shape index (κ3) is 4.02. The van der Waals surface area contributed by atoms with Crippen molar-refractivity contribution < 1.29 is 9.59 Å². The van der Waals surface area contributed by atoms with E-state index in [4.69, 9.17) is 0 Å². The van der Waals surface area contributed by atoms with Crippen molar-refractivity contribution in [3.8, 4) is 0 Å². The number of rotatable bonds is 4. The van der Waals surface area contributed by atoms with E-state index < -0.39 is 0 Å². The van der Waals surface area contributed by atoms with Gasteiger partial charge in [0.1, 0.15) is 0 Å². The maximum atomic E-state index is 11.6. The minimum absolute atomic E-state index is 0.0465.